The average molecular weight is 1220 g/mol. The molecule has 0 spiro atoms. The van der Waals surface area contributed by atoms with Crippen molar-refractivity contribution < 1.29 is 35.2 Å². The number of pyridine rings is 6. The zero-order valence-electron chi connectivity index (χ0n) is 59.8. The fourth-order valence-corrected chi connectivity index (χ4v) is 14.4. The minimum Gasteiger partial charge on any atom is -0.438 e. The minimum atomic E-state index is -1.40. The predicted molar refractivity (Wildman–Crippen MR) is 376 cm³/mol. The number of hydrogen-bond donors (Lipinski definition) is 0. The normalized spacial score (nSPS) is 15.5. The molecule has 0 atom stereocenters. The van der Waals surface area contributed by atoms with Crippen molar-refractivity contribution in [1.29, 1.82) is 0 Å². The Morgan fingerprint density at radius 1 is 0.413 bits per heavy atom. The third-order valence-corrected chi connectivity index (χ3v) is 19.1. The highest BCUT2D eigenvalue weighted by Crippen LogP contribution is 2.41. The molecule has 9 heterocycles. The number of fused-ring (bicyclic) bond motifs is 15. The van der Waals surface area contributed by atoms with Crippen LogP contribution in [0.1, 0.15) is 113 Å². The van der Waals surface area contributed by atoms with Gasteiger partial charge < -0.3 is 13.3 Å². The first-order chi connectivity index (χ1) is 47.1. The maximum Gasteiger partial charge on any atom is 0.227 e. The van der Waals surface area contributed by atoms with Crippen molar-refractivity contribution >= 4 is 98.5 Å². The molecule has 2 saturated carbocycles. The molecule has 9 nitrogen and oxygen atoms in total. The molecule has 9 heteroatoms. The third-order valence-electron chi connectivity index (χ3n) is 19.1. The molecule has 458 valence electrons. The Kier molecular flexibility index (Phi) is 13.9. The summed E-state index contributed by atoms with van der Waals surface area (Å²) in [4.78, 5) is 13.7. The lowest BCUT2D eigenvalue weighted by atomic mass is 9.85. The average Bonchev–Trinajstić information content (AvgIpc) is 1.57. The number of rotatable bonds is 9. The van der Waals surface area contributed by atoms with Crippen LogP contribution in [0.4, 0.5) is 0 Å². The standard InChI is InChI=1S/C29H29N2O.C28H27N2O.C26H25N2O/c1-19-14-27-25(28-23-11-7-6-10-22(23)18-30-29(28)32-27)17-24(19)26-16-21(12-13-31(26)2)15-20-8-4-3-5-9-20;1-18-13-26-24(27-22-10-6-5-9-21(22)17-29-28(27)31-26)16-23(18)25-15-20(11-12-30(25)2)14-19-7-3-4-8-19;1-16(2)11-18-9-10-28(4)23(13-18)21-14-22-24(12-17(21)3)29-26-25(22)20-8-6-5-7-19(20)15-27-26/h6-7,10-14,16-18,20H,3-5,8-9,15H2,1-2H3;5-6,9-13,15-17,19H,3-4,7-8,14H2,1-2H3;5-10,12-16H,11H2,1-4H3/q3*+1/i15D2;14D2;11D2. The third kappa shape index (κ3) is 11.2. The van der Waals surface area contributed by atoms with E-state index in [-0.39, 0.29) is 17.8 Å². The first kappa shape index (κ1) is 52.1. The van der Waals surface area contributed by atoms with Crippen LogP contribution >= 0.6 is 0 Å². The van der Waals surface area contributed by atoms with Crippen molar-refractivity contribution in [1.82, 2.24) is 15.0 Å². The van der Waals surface area contributed by atoms with Crippen LogP contribution in [0.15, 0.2) is 196 Å². The quantitative estimate of drug-likeness (QED) is 0.134. The SMILES string of the molecule is [2H]C([2H])(c1cc[n+](C)c(-c2cc3c(cc2C)oc2ncc4ccccc4c23)c1)C(C)C.[2H]C([2H])(c1cc[n+](C)c(-c2cc3c(cc2C)oc2ncc4ccccc4c23)c1)C1CCCC1.[2H]C([2H])(c1cc[n+](C)c(-c2cc3c(cc2C)oc2ncc4ccccc4c23)c1)C1CCCCC1. The van der Waals surface area contributed by atoms with Gasteiger partial charge in [-0.2, -0.15) is 0 Å². The number of aromatic nitrogens is 6. The maximum atomic E-state index is 8.98. The van der Waals surface area contributed by atoms with Crippen LogP contribution < -0.4 is 13.7 Å². The highest BCUT2D eigenvalue weighted by molar-refractivity contribution is 6.20. The van der Waals surface area contributed by atoms with Crippen molar-refractivity contribution in [3.8, 4) is 33.8 Å². The van der Waals surface area contributed by atoms with Gasteiger partial charge >= 0.3 is 0 Å². The van der Waals surface area contributed by atoms with E-state index in [0.717, 1.165) is 194 Å². The number of hydrogen-bond acceptors (Lipinski definition) is 6. The summed E-state index contributed by atoms with van der Waals surface area (Å²) in [6, 6.07) is 49.4. The van der Waals surface area contributed by atoms with Crippen LogP contribution in [-0.2, 0) is 40.3 Å². The Morgan fingerprint density at radius 3 is 1.10 bits per heavy atom. The Labute approximate surface area is 546 Å². The summed E-state index contributed by atoms with van der Waals surface area (Å²) in [5.41, 5.74) is 16.2. The number of furan rings is 3. The molecule has 0 N–H and O–H groups in total. The van der Waals surface area contributed by atoms with Gasteiger partial charge in [-0.25, -0.2) is 28.7 Å². The van der Waals surface area contributed by atoms with Gasteiger partial charge in [0.15, 0.2) is 18.6 Å². The van der Waals surface area contributed by atoms with E-state index in [4.69, 9.17) is 21.5 Å². The van der Waals surface area contributed by atoms with Crippen molar-refractivity contribution in [3.05, 3.63) is 216 Å². The van der Waals surface area contributed by atoms with Crippen LogP contribution in [0.25, 0.3) is 132 Å². The molecule has 0 aliphatic heterocycles. The molecular weight excluding hydrogens is 1130 g/mol. The second-order valence-corrected chi connectivity index (χ2v) is 26.0. The Bertz CT molecular complexity index is 5640. The van der Waals surface area contributed by atoms with E-state index in [2.05, 4.69) is 124 Å². The molecule has 15 aromatic rings. The van der Waals surface area contributed by atoms with Crippen LogP contribution in [0.5, 0.6) is 0 Å². The predicted octanol–water partition coefficient (Wildman–Crippen LogP) is 19.9. The Hall–Kier alpha value is -9.60. The second kappa shape index (κ2) is 24.6. The molecule has 17 rings (SSSR count). The van der Waals surface area contributed by atoms with Crippen LogP contribution in [-0.4, -0.2) is 15.0 Å². The van der Waals surface area contributed by atoms with Gasteiger partial charge in [0, 0.05) is 112 Å². The van der Waals surface area contributed by atoms with Gasteiger partial charge in [0.05, 0.1) is 16.2 Å². The first-order valence-electron chi connectivity index (χ1n) is 35.8. The zero-order chi connectivity index (χ0) is 68.1. The highest BCUT2D eigenvalue weighted by atomic mass is 16.3. The summed E-state index contributed by atoms with van der Waals surface area (Å²) < 4.78 is 77.4. The van der Waals surface area contributed by atoms with Crippen molar-refractivity contribution in [2.24, 2.45) is 38.9 Å². The van der Waals surface area contributed by atoms with Gasteiger partial charge in [-0.3, -0.25) is 0 Å². The van der Waals surface area contributed by atoms with Crippen LogP contribution in [0.2, 0.25) is 0 Å². The monoisotopic (exact) mass is 1220 g/mol. The Morgan fingerprint density at radius 2 is 0.739 bits per heavy atom. The number of benzene rings is 6. The molecule has 9 aromatic heterocycles. The summed E-state index contributed by atoms with van der Waals surface area (Å²) >= 11 is 0. The summed E-state index contributed by atoms with van der Waals surface area (Å²) in [7, 11) is 6.06. The smallest absolute Gasteiger partial charge is 0.227 e. The van der Waals surface area contributed by atoms with Gasteiger partial charge in [0.1, 0.15) is 37.9 Å². The highest BCUT2D eigenvalue weighted by Gasteiger charge is 2.25. The van der Waals surface area contributed by atoms with E-state index in [1.54, 1.807) is 0 Å². The van der Waals surface area contributed by atoms with E-state index < -0.39 is 19.1 Å². The molecule has 0 radical (unpaired) electrons. The van der Waals surface area contributed by atoms with E-state index in [0.29, 0.717) is 22.7 Å². The molecule has 2 fully saturated rings. The molecule has 0 amide bonds. The molecule has 0 saturated heterocycles. The lowest BCUT2D eigenvalue weighted by molar-refractivity contribution is -0.660. The maximum absolute atomic E-state index is 8.98. The fraction of sp³-hybridized carbons (Fsp3) is 0.277. The molecule has 2 aliphatic rings. The lowest BCUT2D eigenvalue weighted by Crippen LogP contribution is -2.31. The van der Waals surface area contributed by atoms with Gasteiger partial charge in [-0.1, -0.05) is 144 Å². The van der Waals surface area contributed by atoms with E-state index in [9.17, 15) is 0 Å². The van der Waals surface area contributed by atoms with Crippen molar-refractivity contribution in [3.63, 3.8) is 0 Å². The summed E-state index contributed by atoms with van der Waals surface area (Å²) in [5.74, 6) is 0.0596. The fourth-order valence-electron chi connectivity index (χ4n) is 14.4. The second-order valence-electron chi connectivity index (χ2n) is 26.0. The lowest BCUT2D eigenvalue weighted by Gasteiger charge is -2.21. The minimum absolute atomic E-state index is 0.0839. The zero-order valence-corrected chi connectivity index (χ0v) is 53.8. The number of aryl methyl sites for hydroxylation is 6. The van der Waals surface area contributed by atoms with Gasteiger partial charge in [0.25, 0.3) is 0 Å². The summed E-state index contributed by atoms with van der Waals surface area (Å²) in [6.07, 6.45) is 17.1. The summed E-state index contributed by atoms with van der Waals surface area (Å²) in [6.45, 7) is 10.1. The first-order valence-corrected chi connectivity index (χ1v) is 32.8. The van der Waals surface area contributed by atoms with E-state index in [1.165, 1.54) is 6.42 Å². The number of nitrogens with zero attached hydrogens (tertiary/aromatic N) is 6. The van der Waals surface area contributed by atoms with Crippen LogP contribution in [0.3, 0.4) is 0 Å². The van der Waals surface area contributed by atoms with E-state index in [1.807, 2.05) is 143 Å². The molecule has 2 aliphatic carbocycles. The molecular formula is C83H81N6O3+3. The van der Waals surface area contributed by atoms with Gasteiger partial charge in [0.2, 0.25) is 34.2 Å². The van der Waals surface area contributed by atoms with Crippen molar-refractivity contribution in [2.45, 2.75) is 112 Å². The molecule has 92 heavy (non-hydrogen) atoms. The van der Waals surface area contributed by atoms with Crippen molar-refractivity contribution in [2.75, 3.05) is 0 Å². The Balaban J connectivity index is 0.000000120. The van der Waals surface area contributed by atoms with Crippen LogP contribution in [0, 0.1) is 38.5 Å². The van der Waals surface area contributed by atoms with Gasteiger partial charge in [-0.15, -0.1) is 0 Å². The topological polar surface area (TPSA) is 89.7 Å². The van der Waals surface area contributed by atoms with E-state index >= 15 is 0 Å². The molecule has 6 aromatic carbocycles. The molecule has 0 unspecified atom stereocenters. The summed E-state index contributed by atoms with van der Waals surface area (Å²) in [5, 5.41) is 12.8. The largest absolute Gasteiger partial charge is 0.438 e. The van der Waals surface area contributed by atoms with Gasteiger partial charge in [-0.05, 0) is 144 Å². The molecule has 0 bridgehead atoms.